The summed E-state index contributed by atoms with van der Waals surface area (Å²) in [6, 6.07) is 9.14. The third kappa shape index (κ3) is 5.20. The van der Waals surface area contributed by atoms with Gasteiger partial charge in [0.25, 0.3) is 0 Å². The summed E-state index contributed by atoms with van der Waals surface area (Å²) in [4.78, 5) is 0. The summed E-state index contributed by atoms with van der Waals surface area (Å²) >= 11 is -0.602. The molecule has 0 saturated heterocycles. The molecule has 0 amide bonds. The zero-order chi connectivity index (χ0) is 16.4. The van der Waals surface area contributed by atoms with Gasteiger partial charge in [0.05, 0.1) is 0 Å². The zero-order valence-electron chi connectivity index (χ0n) is 15.6. The molecular formula is C21H27Cl2PZr. The first-order valence-electron chi connectivity index (χ1n) is 8.75. The van der Waals surface area contributed by atoms with Crippen LogP contribution in [0.1, 0.15) is 54.3 Å². The molecule has 2 aliphatic carbocycles. The number of rotatable bonds is 6. The minimum Gasteiger partial charge on any atom is -1.00 e. The Bertz CT molecular complexity index is 689. The predicted molar refractivity (Wildman–Crippen MR) is 101 cm³/mol. The minimum absolute atomic E-state index is 0. The van der Waals surface area contributed by atoms with Gasteiger partial charge in [-0.05, 0) is 0 Å². The van der Waals surface area contributed by atoms with Crippen molar-refractivity contribution < 1.29 is 48.0 Å². The molecule has 4 heteroatoms. The second kappa shape index (κ2) is 10.6. The van der Waals surface area contributed by atoms with E-state index in [1.165, 1.54) is 31.2 Å². The van der Waals surface area contributed by atoms with E-state index in [9.17, 15) is 0 Å². The molecule has 0 N–H and O–H groups in total. The Morgan fingerprint density at radius 3 is 2.56 bits per heavy atom. The normalized spacial score (nSPS) is 18.2. The van der Waals surface area contributed by atoms with Crippen LogP contribution in [0.15, 0.2) is 50.1 Å². The largest absolute Gasteiger partial charge is 1.00 e. The molecule has 0 aliphatic heterocycles. The average molecular weight is 473 g/mol. The Morgan fingerprint density at radius 1 is 1.16 bits per heavy atom. The average Bonchev–Trinajstić information content (AvgIpc) is 3.08. The van der Waals surface area contributed by atoms with E-state index in [4.69, 9.17) is 0 Å². The molecule has 0 fully saturated rings. The van der Waals surface area contributed by atoms with Crippen LogP contribution in [0.25, 0.3) is 6.08 Å². The van der Waals surface area contributed by atoms with Crippen molar-refractivity contribution in [1.82, 2.24) is 0 Å². The summed E-state index contributed by atoms with van der Waals surface area (Å²) in [5.74, 6) is 0. The summed E-state index contributed by atoms with van der Waals surface area (Å²) in [7, 11) is 0.0202. The van der Waals surface area contributed by atoms with Crippen molar-refractivity contribution in [2.45, 2.75) is 43.2 Å². The van der Waals surface area contributed by atoms with Crippen molar-refractivity contribution in [3.63, 3.8) is 0 Å². The van der Waals surface area contributed by atoms with Crippen molar-refractivity contribution in [2.24, 2.45) is 0 Å². The SMILES string of the molecule is CCCCC1=[C]([Zr+2][CH]2C(P(C)C)=Cc3ccccc32)CC=C1C.[Cl-].[Cl-]. The van der Waals surface area contributed by atoms with E-state index >= 15 is 0 Å². The number of allylic oxidation sites excluding steroid dienone is 5. The quantitative estimate of drug-likeness (QED) is 0.535. The number of halogens is 2. The second-order valence-electron chi connectivity index (χ2n) is 6.82. The van der Waals surface area contributed by atoms with E-state index in [1.54, 1.807) is 22.0 Å². The molecular weight excluding hydrogens is 445 g/mol. The molecule has 0 saturated carbocycles. The Kier molecular flexibility index (Phi) is 9.92. The molecule has 0 nitrogen and oxygen atoms in total. The molecule has 1 atom stereocenters. The molecule has 134 valence electrons. The first-order chi connectivity index (χ1) is 11.1. The van der Waals surface area contributed by atoms with Crippen LogP contribution in [-0.4, -0.2) is 13.3 Å². The van der Waals surface area contributed by atoms with Crippen molar-refractivity contribution in [2.75, 3.05) is 13.3 Å². The van der Waals surface area contributed by atoms with Gasteiger partial charge in [0, 0.05) is 0 Å². The Balaban J connectivity index is 0.00000156. The molecule has 25 heavy (non-hydrogen) atoms. The van der Waals surface area contributed by atoms with Crippen LogP contribution in [0.5, 0.6) is 0 Å². The fraction of sp³-hybridized carbons (Fsp3) is 0.429. The molecule has 0 spiro atoms. The van der Waals surface area contributed by atoms with E-state index in [-0.39, 0.29) is 32.7 Å². The zero-order valence-corrected chi connectivity index (χ0v) is 20.4. The third-order valence-electron chi connectivity index (χ3n) is 4.97. The van der Waals surface area contributed by atoms with Crippen LogP contribution in [0.3, 0.4) is 0 Å². The number of benzene rings is 1. The maximum atomic E-state index is 2.52. The maximum absolute atomic E-state index is 2.52. The molecule has 0 aromatic heterocycles. The van der Waals surface area contributed by atoms with Gasteiger partial charge in [-0.15, -0.1) is 0 Å². The van der Waals surface area contributed by atoms with Crippen LogP contribution in [0.4, 0.5) is 0 Å². The van der Waals surface area contributed by atoms with Crippen LogP contribution in [0.2, 0.25) is 0 Å². The molecule has 0 heterocycles. The van der Waals surface area contributed by atoms with Crippen LogP contribution >= 0.6 is 7.92 Å². The van der Waals surface area contributed by atoms with E-state index in [2.05, 4.69) is 63.6 Å². The number of hydrogen-bond donors (Lipinski definition) is 0. The number of unbranched alkanes of at least 4 members (excludes halogenated alkanes) is 1. The van der Waals surface area contributed by atoms with Crippen molar-refractivity contribution in [3.8, 4) is 0 Å². The maximum Gasteiger partial charge on any atom is -1.00 e. The standard InChI is InChI=1S/C11H12P.C10H15.2ClH.Zr/c1-12(2)11-7-9-5-3-4-6-10(9)8-11;1-3-4-7-10-8-5-6-9(10)2;;;/h3-8H,1-2H3;6H,3-5,7H2,1-2H3;2*1H;/q;;;;+2/p-2. The summed E-state index contributed by atoms with van der Waals surface area (Å²) in [6.07, 6.45) is 10.2. The molecule has 0 radical (unpaired) electrons. The third-order valence-corrected chi connectivity index (χ3v) is 11.3. The van der Waals surface area contributed by atoms with E-state index in [0.29, 0.717) is 0 Å². The molecule has 0 bridgehead atoms. The van der Waals surface area contributed by atoms with Crippen molar-refractivity contribution >= 4 is 14.0 Å². The number of fused-ring (bicyclic) bond motifs is 1. The summed E-state index contributed by atoms with van der Waals surface area (Å²) in [6.45, 7) is 9.51. The first kappa shape index (κ1) is 23.4. The summed E-state index contributed by atoms with van der Waals surface area (Å²) < 4.78 is 2.67. The van der Waals surface area contributed by atoms with Gasteiger partial charge in [-0.1, -0.05) is 0 Å². The van der Waals surface area contributed by atoms with Crippen LogP contribution in [-0.2, 0) is 23.2 Å². The van der Waals surface area contributed by atoms with Gasteiger partial charge < -0.3 is 24.8 Å². The van der Waals surface area contributed by atoms with Crippen molar-refractivity contribution in [1.29, 1.82) is 0 Å². The molecule has 2 aliphatic rings. The van der Waals surface area contributed by atoms with Gasteiger partial charge in [0.15, 0.2) is 0 Å². The Morgan fingerprint density at radius 2 is 1.88 bits per heavy atom. The first-order valence-corrected chi connectivity index (χ1v) is 13.6. The Hall–Kier alpha value is 0.333. The number of hydrogen-bond acceptors (Lipinski definition) is 0. The molecule has 1 aromatic rings. The van der Waals surface area contributed by atoms with Crippen LogP contribution in [0, 0.1) is 0 Å². The van der Waals surface area contributed by atoms with Gasteiger partial charge in [0.1, 0.15) is 0 Å². The smallest absolute Gasteiger partial charge is 1.00 e. The predicted octanol–water partition coefficient (Wildman–Crippen LogP) is 0.709. The van der Waals surface area contributed by atoms with Crippen molar-refractivity contribution in [3.05, 3.63) is 61.2 Å². The monoisotopic (exact) mass is 470 g/mol. The fourth-order valence-electron chi connectivity index (χ4n) is 3.61. The topological polar surface area (TPSA) is 0 Å². The van der Waals surface area contributed by atoms with E-state index in [0.717, 1.165) is 3.63 Å². The van der Waals surface area contributed by atoms with E-state index in [1.807, 2.05) is 3.28 Å². The van der Waals surface area contributed by atoms with Gasteiger partial charge in [0.2, 0.25) is 0 Å². The van der Waals surface area contributed by atoms with E-state index < -0.39 is 23.2 Å². The fourth-order valence-corrected chi connectivity index (χ4v) is 11.2. The minimum atomic E-state index is -0.602. The van der Waals surface area contributed by atoms with Gasteiger partial charge >= 0.3 is 155 Å². The Labute approximate surface area is 178 Å². The van der Waals surface area contributed by atoms with Gasteiger partial charge in [-0.2, -0.15) is 0 Å². The molecule has 1 unspecified atom stereocenters. The molecule has 1 aromatic carbocycles. The van der Waals surface area contributed by atoms with Gasteiger partial charge in [-0.25, -0.2) is 0 Å². The summed E-state index contributed by atoms with van der Waals surface area (Å²) in [5, 5.41) is 1.76. The summed E-state index contributed by atoms with van der Waals surface area (Å²) in [5.41, 5.74) is 6.47. The molecule has 3 rings (SSSR count). The van der Waals surface area contributed by atoms with Gasteiger partial charge in [-0.3, -0.25) is 0 Å². The van der Waals surface area contributed by atoms with Crippen LogP contribution < -0.4 is 24.8 Å². The second-order valence-corrected chi connectivity index (χ2v) is 12.7.